The number of carbonyl (C=O) groups is 1. The summed E-state index contributed by atoms with van der Waals surface area (Å²) >= 11 is 6.22. The van der Waals surface area contributed by atoms with Gasteiger partial charge in [-0.25, -0.2) is 8.42 Å². The molecule has 0 bridgehead atoms. The Hall–Kier alpha value is -2.25. The van der Waals surface area contributed by atoms with Crippen LogP contribution in [-0.4, -0.2) is 33.5 Å². The Morgan fingerprint density at radius 1 is 1.29 bits per heavy atom. The number of carbonyl (C=O) groups excluding carboxylic acids is 1. The number of amides is 1. The van der Waals surface area contributed by atoms with Gasteiger partial charge in [0.05, 0.1) is 15.6 Å². The fourth-order valence-corrected chi connectivity index (χ4v) is 4.84. The normalized spacial score (nSPS) is 14.5. The molecule has 8 heteroatoms. The zero-order valence-corrected chi connectivity index (χ0v) is 17.4. The highest BCUT2D eigenvalue weighted by Crippen LogP contribution is 2.34. The number of rotatable bonds is 7. The summed E-state index contributed by atoms with van der Waals surface area (Å²) in [5, 5.41) is 2.94. The zero-order valence-electron chi connectivity index (χ0n) is 15.8. The third kappa shape index (κ3) is 4.25. The van der Waals surface area contributed by atoms with Crippen molar-refractivity contribution >= 4 is 33.2 Å². The van der Waals surface area contributed by atoms with Gasteiger partial charge < -0.3 is 10.1 Å². The Labute approximate surface area is 170 Å². The second-order valence-electron chi connectivity index (χ2n) is 6.71. The van der Waals surface area contributed by atoms with Crippen LogP contribution in [0.25, 0.3) is 0 Å². The number of sulfonamides is 1. The van der Waals surface area contributed by atoms with Crippen molar-refractivity contribution in [3.05, 3.63) is 53.1 Å². The molecular weight excluding hydrogens is 400 g/mol. The molecule has 6 nitrogen and oxygen atoms in total. The number of anilines is 1. The van der Waals surface area contributed by atoms with Crippen molar-refractivity contribution in [1.82, 2.24) is 5.32 Å². The summed E-state index contributed by atoms with van der Waals surface area (Å²) in [5.74, 6) is 0.0116. The Kier molecular flexibility index (Phi) is 6.15. The van der Waals surface area contributed by atoms with E-state index in [1.165, 1.54) is 22.5 Å². The molecule has 0 aromatic heterocycles. The van der Waals surface area contributed by atoms with Crippen LogP contribution >= 0.6 is 11.6 Å². The SMILES string of the molecule is CC[C@@H](C)NC(=O)COc1ccc(S(=O)(=O)N2CCc3ccccc32)cc1Cl. The van der Waals surface area contributed by atoms with Crippen LogP contribution in [0.15, 0.2) is 47.4 Å². The molecule has 0 radical (unpaired) electrons. The van der Waals surface area contributed by atoms with Crippen LogP contribution in [0.5, 0.6) is 5.75 Å². The lowest BCUT2D eigenvalue weighted by molar-refractivity contribution is -0.123. The molecule has 2 aromatic carbocycles. The van der Waals surface area contributed by atoms with Gasteiger partial charge in [0.25, 0.3) is 15.9 Å². The standard InChI is InChI=1S/C20H23ClN2O4S/c1-3-14(2)22-20(24)13-27-19-9-8-16(12-17(19)21)28(25,26)23-11-10-15-6-4-5-7-18(15)23/h4-9,12,14H,3,10-11,13H2,1-2H3,(H,22,24)/t14-/m1/s1. The molecule has 0 aliphatic carbocycles. The smallest absolute Gasteiger partial charge is 0.264 e. The summed E-state index contributed by atoms with van der Waals surface area (Å²) in [7, 11) is -3.73. The predicted molar refractivity (Wildman–Crippen MR) is 110 cm³/mol. The maximum absolute atomic E-state index is 13.0. The predicted octanol–water partition coefficient (Wildman–Crippen LogP) is 3.38. The van der Waals surface area contributed by atoms with Gasteiger partial charge in [-0.05, 0) is 49.6 Å². The van der Waals surface area contributed by atoms with E-state index in [2.05, 4.69) is 5.32 Å². The van der Waals surface area contributed by atoms with E-state index in [-0.39, 0.29) is 34.2 Å². The summed E-state index contributed by atoms with van der Waals surface area (Å²) in [6.07, 6.45) is 1.49. The summed E-state index contributed by atoms with van der Waals surface area (Å²) < 4.78 is 32.9. The van der Waals surface area contributed by atoms with Gasteiger partial charge in [-0.2, -0.15) is 0 Å². The second-order valence-corrected chi connectivity index (χ2v) is 8.98. The molecule has 2 aromatic rings. The first-order valence-corrected chi connectivity index (χ1v) is 11.0. The number of para-hydroxylation sites is 1. The molecule has 1 heterocycles. The largest absolute Gasteiger partial charge is 0.482 e. The molecule has 1 atom stereocenters. The Morgan fingerprint density at radius 2 is 2.04 bits per heavy atom. The number of hydrogen-bond donors (Lipinski definition) is 1. The van der Waals surface area contributed by atoms with Crippen LogP contribution in [-0.2, 0) is 21.2 Å². The van der Waals surface area contributed by atoms with E-state index in [4.69, 9.17) is 16.3 Å². The minimum atomic E-state index is -3.73. The first-order valence-electron chi connectivity index (χ1n) is 9.15. The van der Waals surface area contributed by atoms with Crippen LogP contribution < -0.4 is 14.4 Å². The van der Waals surface area contributed by atoms with Crippen molar-refractivity contribution in [2.75, 3.05) is 17.5 Å². The zero-order chi connectivity index (χ0) is 20.3. The highest BCUT2D eigenvalue weighted by molar-refractivity contribution is 7.92. The molecule has 150 valence electrons. The van der Waals surface area contributed by atoms with Gasteiger partial charge in [-0.15, -0.1) is 0 Å². The third-order valence-electron chi connectivity index (χ3n) is 4.71. The van der Waals surface area contributed by atoms with Crippen LogP contribution in [0.1, 0.15) is 25.8 Å². The van der Waals surface area contributed by atoms with Crippen molar-refractivity contribution < 1.29 is 17.9 Å². The molecular formula is C20H23ClN2O4S. The highest BCUT2D eigenvalue weighted by Gasteiger charge is 2.31. The lowest BCUT2D eigenvalue weighted by Crippen LogP contribution is -2.35. The molecule has 1 aliphatic rings. The lowest BCUT2D eigenvalue weighted by atomic mass is 10.2. The van der Waals surface area contributed by atoms with E-state index < -0.39 is 10.0 Å². The molecule has 0 spiro atoms. The minimum absolute atomic E-state index is 0.0578. The Morgan fingerprint density at radius 3 is 2.75 bits per heavy atom. The average Bonchev–Trinajstić information content (AvgIpc) is 3.11. The van der Waals surface area contributed by atoms with E-state index in [0.29, 0.717) is 18.7 Å². The molecule has 0 saturated heterocycles. The fourth-order valence-electron chi connectivity index (χ4n) is 3.01. The number of nitrogens with one attached hydrogen (secondary N) is 1. The summed E-state index contributed by atoms with van der Waals surface area (Å²) in [4.78, 5) is 11.9. The van der Waals surface area contributed by atoms with E-state index in [9.17, 15) is 13.2 Å². The monoisotopic (exact) mass is 422 g/mol. The molecule has 1 amide bonds. The van der Waals surface area contributed by atoms with Gasteiger partial charge in [0.15, 0.2) is 6.61 Å². The van der Waals surface area contributed by atoms with Crippen LogP contribution in [0, 0.1) is 0 Å². The quantitative estimate of drug-likeness (QED) is 0.742. The first kappa shape index (κ1) is 20.5. The molecule has 28 heavy (non-hydrogen) atoms. The van der Waals surface area contributed by atoms with Gasteiger partial charge in [-0.1, -0.05) is 36.7 Å². The summed E-state index contributed by atoms with van der Waals surface area (Å²) in [6, 6.07) is 11.8. The molecule has 3 rings (SSSR count). The van der Waals surface area contributed by atoms with Gasteiger partial charge in [-0.3, -0.25) is 9.10 Å². The maximum atomic E-state index is 13.0. The van der Waals surface area contributed by atoms with Gasteiger partial charge in [0.1, 0.15) is 5.75 Å². The Balaban J connectivity index is 1.74. The average molecular weight is 423 g/mol. The van der Waals surface area contributed by atoms with E-state index in [0.717, 1.165) is 12.0 Å². The van der Waals surface area contributed by atoms with Crippen LogP contribution in [0.2, 0.25) is 5.02 Å². The van der Waals surface area contributed by atoms with Crippen molar-refractivity contribution in [3.63, 3.8) is 0 Å². The van der Waals surface area contributed by atoms with Crippen molar-refractivity contribution in [3.8, 4) is 5.75 Å². The molecule has 0 saturated carbocycles. The third-order valence-corrected chi connectivity index (χ3v) is 6.82. The number of fused-ring (bicyclic) bond motifs is 1. The van der Waals surface area contributed by atoms with Crippen LogP contribution in [0.4, 0.5) is 5.69 Å². The van der Waals surface area contributed by atoms with Gasteiger partial charge >= 0.3 is 0 Å². The van der Waals surface area contributed by atoms with E-state index >= 15 is 0 Å². The maximum Gasteiger partial charge on any atom is 0.264 e. The number of halogens is 1. The molecule has 1 aliphatic heterocycles. The molecule has 1 N–H and O–H groups in total. The second kappa shape index (κ2) is 8.41. The number of benzene rings is 2. The lowest BCUT2D eigenvalue weighted by Gasteiger charge is -2.20. The minimum Gasteiger partial charge on any atom is -0.482 e. The molecule has 0 unspecified atom stereocenters. The van der Waals surface area contributed by atoms with E-state index in [1.807, 2.05) is 32.0 Å². The first-order chi connectivity index (χ1) is 13.3. The van der Waals surface area contributed by atoms with Gasteiger partial charge in [0, 0.05) is 12.6 Å². The number of nitrogens with zero attached hydrogens (tertiary/aromatic N) is 1. The number of hydrogen-bond acceptors (Lipinski definition) is 4. The molecule has 0 fully saturated rings. The van der Waals surface area contributed by atoms with E-state index in [1.54, 1.807) is 6.07 Å². The van der Waals surface area contributed by atoms with Crippen molar-refractivity contribution in [2.24, 2.45) is 0 Å². The number of ether oxygens (including phenoxy) is 1. The van der Waals surface area contributed by atoms with Crippen LogP contribution in [0.3, 0.4) is 0 Å². The fraction of sp³-hybridized carbons (Fsp3) is 0.350. The van der Waals surface area contributed by atoms with Gasteiger partial charge in [0.2, 0.25) is 0 Å². The van der Waals surface area contributed by atoms with Crippen molar-refractivity contribution in [2.45, 2.75) is 37.6 Å². The van der Waals surface area contributed by atoms with Crippen molar-refractivity contribution in [1.29, 1.82) is 0 Å². The Bertz CT molecular complexity index is 978. The highest BCUT2D eigenvalue weighted by atomic mass is 35.5. The summed E-state index contributed by atoms with van der Waals surface area (Å²) in [6.45, 7) is 4.09. The topological polar surface area (TPSA) is 75.7 Å². The summed E-state index contributed by atoms with van der Waals surface area (Å²) in [5.41, 5.74) is 1.70.